The Labute approximate surface area is 119 Å². The number of aliphatic carboxylic acids is 1. The minimum Gasteiger partial charge on any atom is -0.481 e. The Morgan fingerprint density at radius 3 is 2.76 bits per heavy atom. The Hall–Kier alpha value is -2.51. The molecule has 0 radical (unpaired) electrons. The van der Waals surface area contributed by atoms with Gasteiger partial charge in [0.1, 0.15) is 11.4 Å². The van der Waals surface area contributed by atoms with Gasteiger partial charge < -0.3 is 10.0 Å². The van der Waals surface area contributed by atoms with E-state index in [9.17, 15) is 24.1 Å². The fourth-order valence-electron chi connectivity index (χ4n) is 2.37. The zero-order chi connectivity index (χ0) is 15.6. The van der Waals surface area contributed by atoms with Crippen LogP contribution in [0.4, 0.5) is 10.1 Å². The Morgan fingerprint density at radius 2 is 2.14 bits per heavy atom. The number of nitrogens with zero attached hydrogens (tertiary/aromatic N) is 2. The van der Waals surface area contributed by atoms with Crippen molar-refractivity contribution in [1.29, 1.82) is 0 Å². The average molecular weight is 296 g/mol. The van der Waals surface area contributed by atoms with Crippen LogP contribution in [-0.2, 0) is 4.79 Å². The van der Waals surface area contributed by atoms with Gasteiger partial charge >= 0.3 is 5.97 Å². The van der Waals surface area contributed by atoms with Crippen molar-refractivity contribution in [2.45, 2.75) is 12.8 Å². The molecule has 0 aliphatic carbocycles. The Morgan fingerprint density at radius 1 is 1.43 bits per heavy atom. The zero-order valence-electron chi connectivity index (χ0n) is 11.0. The number of amides is 1. The predicted molar refractivity (Wildman–Crippen MR) is 69.3 cm³/mol. The molecule has 1 aliphatic heterocycles. The summed E-state index contributed by atoms with van der Waals surface area (Å²) in [5.74, 6) is -3.18. The van der Waals surface area contributed by atoms with Gasteiger partial charge in [-0.05, 0) is 25.0 Å². The normalized spacial score (nSPS) is 18.3. The lowest BCUT2D eigenvalue weighted by molar-refractivity contribution is -0.385. The molecular weight excluding hydrogens is 283 g/mol. The van der Waals surface area contributed by atoms with Crippen molar-refractivity contribution in [2.24, 2.45) is 5.92 Å². The van der Waals surface area contributed by atoms with E-state index in [0.29, 0.717) is 19.4 Å². The maximum absolute atomic E-state index is 13.3. The number of benzene rings is 1. The number of carbonyl (C=O) groups excluding carboxylic acids is 1. The summed E-state index contributed by atoms with van der Waals surface area (Å²) in [7, 11) is 0. The molecule has 112 valence electrons. The molecular formula is C13H13FN2O5. The quantitative estimate of drug-likeness (QED) is 0.675. The van der Waals surface area contributed by atoms with Gasteiger partial charge in [-0.25, -0.2) is 4.39 Å². The van der Waals surface area contributed by atoms with Crippen LogP contribution in [0.15, 0.2) is 18.2 Å². The molecule has 2 rings (SSSR count). The third-order valence-electron chi connectivity index (χ3n) is 3.44. The van der Waals surface area contributed by atoms with Crippen LogP contribution in [0.5, 0.6) is 0 Å². The van der Waals surface area contributed by atoms with Gasteiger partial charge in [-0.15, -0.1) is 0 Å². The zero-order valence-corrected chi connectivity index (χ0v) is 11.0. The van der Waals surface area contributed by atoms with Crippen LogP contribution in [0.25, 0.3) is 0 Å². The standard InChI is InChI=1S/C13H13FN2O5/c14-9-3-4-11(16(20)21)10(6-9)12(17)15-5-1-2-8(7-15)13(18)19/h3-4,6,8H,1-2,5,7H2,(H,18,19)/t8-/m1/s1. The van der Waals surface area contributed by atoms with Crippen molar-refractivity contribution in [3.63, 3.8) is 0 Å². The van der Waals surface area contributed by atoms with Crippen LogP contribution in [0.2, 0.25) is 0 Å². The van der Waals surface area contributed by atoms with E-state index in [1.54, 1.807) is 0 Å². The van der Waals surface area contributed by atoms with Crippen LogP contribution >= 0.6 is 0 Å². The molecule has 0 spiro atoms. The first kappa shape index (κ1) is 14.9. The van der Waals surface area contributed by atoms with Crippen molar-refractivity contribution >= 4 is 17.6 Å². The highest BCUT2D eigenvalue weighted by molar-refractivity contribution is 5.98. The molecule has 1 saturated heterocycles. The van der Waals surface area contributed by atoms with Gasteiger partial charge in [0, 0.05) is 19.2 Å². The monoisotopic (exact) mass is 296 g/mol. The topological polar surface area (TPSA) is 101 Å². The summed E-state index contributed by atoms with van der Waals surface area (Å²) in [6.07, 6.45) is 0.941. The van der Waals surface area contributed by atoms with E-state index in [0.717, 1.165) is 18.2 Å². The van der Waals surface area contributed by atoms with E-state index in [2.05, 4.69) is 0 Å². The summed E-state index contributed by atoms with van der Waals surface area (Å²) in [6.45, 7) is 0.276. The first-order chi connectivity index (χ1) is 9.90. The maximum Gasteiger partial charge on any atom is 0.308 e. The molecule has 1 heterocycles. The number of nitro benzene ring substituents is 1. The first-order valence-corrected chi connectivity index (χ1v) is 6.36. The third-order valence-corrected chi connectivity index (χ3v) is 3.44. The van der Waals surface area contributed by atoms with Crippen molar-refractivity contribution in [3.05, 3.63) is 39.7 Å². The lowest BCUT2D eigenvalue weighted by atomic mass is 9.97. The molecule has 1 fully saturated rings. The molecule has 0 unspecified atom stereocenters. The number of piperidine rings is 1. The molecule has 1 N–H and O–H groups in total. The maximum atomic E-state index is 13.3. The van der Waals surface area contributed by atoms with Crippen molar-refractivity contribution in [2.75, 3.05) is 13.1 Å². The molecule has 1 aromatic carbocycles. The first-order valence-electron chi connectivity index (χ1n) is 6.36. The number of rotatable bonds is 3. The largest absolute Gasteiger partial charge is 0.481 e. The second-order valence-corrected chi connectivity index (χ2v) is 4.85. The molecule has 1 atom stereocenters. The van der Waals surface area contributed by atoms with Crippen molar-refractivity contribution < 1.29 is 24.0 Å². The second-order valence-electron chi connectivity index (χ2n) is 4.85. The van der Waals surface area contributed by atoms with Gasteiger partial charge in [0.15, 0.2) is 0 Å². The summed E-state index contributed by atoms with van der Waals surface area (Å²) in [6, 6.07) is 2.65. The lowest BCUT2D eigenvalue weighted by Gasteiger charge is -2.30. The summed E-state index contributed by atoms with van der Waals surface area (Å²) in [5, 5.41) is 19.9. The van der Waals surface area contributed by atoms with Crippen LogP contribution in [0.3, 0.4) is 0 Å². The fraction of sp³-hybridized carbons (Fsp3) is 0.385. The minimum absolute atomic E-state index is 0.0260. The van der Waals surface area contributed by atoms with E-state index in [4.69, 9.17) is 5.11 Å². The average Bonchev–Trinajstić information content (AvgIpc) is 2.46. The van der Waals surface area contributed by atoms with Crippen LogP contribution in [0.1, 0.15) is 23.2 Å². The van der Waals surface area contributed by atoms with Gasteiger partial charge in [-0.3, -0.25) is 19.7 Å². The highest BCUT2D eigenvalue weighted by Gasteiger charge is 2.31. The number of carboxylic acid groups (broad SMARTS) is 1. The second kappa shape index (κ2) is 5.86. The minimum atomic E-state index is -1.01. The van der Waals surface area contributed by atoms with E-state index in [-0.39, 0.29) is 12.1 Å². The van der Waals surface area contributed by atoms with E-state index in [1.165, 1.54) is 4.90 Å². The van der Waals surface area contributed by atoms with Gasteiger partial charge in [-0.1, -0.05) is 0 Å². The summed E-state index contributed by atoms with van der Waals surface area (Å²) >= 11 is 0. The molecule has 1 aliphatic rings. The Bertz CT molecular complexity index is 604. The number of halogens is 1. The number of likely N-dealkylation sites (tertiary alicyclic amines) is 1. The van der Waals surface area contributed by atoms with Crippen molar-refractivity contribution in [1.82, 2.24) is 4.90 Å². The number of carbonyl (C=O) groups is 2. The predicted octanol–water partition coefficient (Wildman–Crippen LogP) is 1.67. The van der Waals surface area contributed by atoms with Crippen LogP contribution < -0.4 is 0 Å². The molecule has 21 heavy (non-hydrogen) atoms. The number of hydrogen-bond donors (Lipinski definition) is 1. The molecule has 7 nitrogen and oxygen atoms in total. The van der Waals surface area contributed by atoms with E-state index >= 15 is 0 Å². The van der Waals surface area contributed by atoms with Crippen LogP contribution in [0, 0.1) is 21.8 Å². The van der Waals surface area contributed by atoms with Crippen molar-refractivity contribution in [3.8, 4) is 0 Å². The summed E-state index contributed by atoms with van der Waals surface area (Å²) in [5.41, 5.74) is -0.843. The van der Waals surface area contributed by atoms with Crippen LogP contribution in [-0.4, -0.2) is 39.9 Å². The van der Waals surface area contributed by atoms with Gasteiger partial charge in [-0.2, -0.15) is 0 Å². The van der Waals surface area contributed by atoms with E-state index in [1.807, 2.05) is 0 Å². The lowest BCUT2D eigenvalue weighted by Crippen LogP contribution is -2.42. The molecule has 1 aromatic rings. The summed E-state index contributed by atoms with van der Waals surface area (Å²) in [4.78, 5) is 34.7. The Balaban J connectivity index is 2.29. The SMILES string of the molecule is O=C(O)[C@@H]1CCCN(C(=O)c2cc(F)ccc2[N+](=O)[O-])C1. The molecule has 8 heteroatoms. The molecule has 1 amide bonds. The van der Waals surface area contributed by atoms with Gasteiger partial charge in [0.05, 0.1) is 10.8 Å². The molecule has 0 aromatic heterocycles. The molecule has 0 saturated carbocycles. The fourth-order valence-corrected chi connectivity index (χ4v) is 2.37. The number of nitro groups is 1. The Kier molecular flexibility index (Phi) is 4.15. The van der Waals surface area contributed by atoms with E-state index < -0.39 is 34.2 Å². The van der Waals surface area contributed by atoms with Gasteiger partial charge in [0.25, 0.3) is 11.6 Å². The summed E-state index contributed by atoms with van der Waals surface area (Å²) < 4.78 is 13.3. The molecule has 0 bridgehead atoms. The van der Waals surface area contributed by atoms with Gasteiger partial charge in [0.2, 0.25) is 0 Å². The number of hydrogen-bond acceptors (Lipinski definition) is 4. The number of carboxylic acids is 1. The highest BCUT2D eigenvalue weighted by atomic mass is 19.1. The third kappa shape index (κ3) is 3.15. The highest BCUT2D eigenvalue weighted by Crippen LogP contribution is 2.24. The smallest absolute Gasteiger partial charge is 0.308 e.